The molecule has 0 saturated carbocycles. The summed E-state index contributed by atoms with van der Waals surface area (Å²) >= 11 is 0. The molecule has 0 amide bonds. The van der Waals surface area contributed by atoms with Gasteiger partial charge in [-0.2, -0.15) is 0 Å². The van der Waals surface area contributed by atoms with Crippen LogP contribution in [0.15, 0.2) is 110 Å². The van der Waals surface area contributed by atoms with Gasteiger partial charge in [0.05, 0.1) is 0 Å². The summed E-state index contributed by atoms with van der Waals surface area (Å²) in [6, 6.07) is 0. The fourth-order valence-electron chi connectivity index (χ4n) is 2.26. The first-order valence-electron chi connectivity index (χ1n) is 8.04. The van der Waals surface area contributed by atoms with Crippen LogP contribution in [0, 0.1) is 5.92 Å². The number of hydrogen-bond acceptors (Lipinski definition) is 4. The first-order valence-corrected chi connectivity index (χ1v) is 8.04. The summed E-state index contributed by atoms with van der Waals surface area (Å²) in [4.78, 5) is 15.8. The summed E-state index contributed by atoms with van der Waals surface area (Å²) in [6.45, 7) is 17.4. The third-order valence-corrected chi connectivity index (χ3v) is 3.54. The van der Waals surface area contributed by atoms with Gasteiger partial charge in [-0.1, -0.05) is 69.7 Å². The first kappa shape index (κ1) is 18.9. The van der Waals surface area contributed by atoms with E-state index in [4.69, 9.17) is 8.83 Å². The molecule has 0 aromatic carbocycles. The topological polar surface area (TPSA) is 55.7 Å². The average molecular weight is 347 g/mol. The Balaban J connectivity index is 2.64. The highest BCUT2D eigenvalue weighted by atomic mass is 16.6. The lowest BCUT2D eigenvalue weighted by Crippen LogP contribution is -2.05. The second-order valence-corrected chi connectivity index (χ2v) is 5.67. The van der Waals surface area contributed by atoms with Gasteiger partial charge in [0.15, 0.2) is 5.76 Å². The molecular weight excluding hydrogens is 326 g/mol. The molecule has 0 fully saturated rings. The molecule has 1 aliphatic carbocycles. The van der Waals surface area contributed by atoms with Gasteiger partial charge < -0.3 is 8.83 Å². The predicted octanol–water partition coefficient (Wildman–Crippen LogP) is 5.17. The van der Waals surface area contributed by atoms with Crippen LogP contribution < -0.4 is 5.82 Å². The second kappa shape index (κ2) is 8.62. The lowest BCUT2D eigenvalue weighted by molar-refractivity contribution is 0.382. The predicted molar refractivity (Wildman–Crippen MR) is 107 cm³/mol. The molecule has 0 saturated heterocycles. The van der Waals surface area contributed by atoms with Crippen molar-refractivity contribution in [3.8, 4) is 0 Å². The minimum atomic E-state index is -0.826. The van der Waals surface area contributed by atoms with Crippen molar-refractivity contribution in [3.63, 3.8) is 0 Å². The van der Waals surface area contributed by atoms with Crippen molar-refractivity contribution < 1.29 is 8.83 Å². The summed E-state index contributed by atoms with van der Waals surface area (Å²) in [5.41, 5.74) is 2.63. The lowest BCUT2D eigenvalue weighted by atomic mass is 10.0. The molecule has 0 radical (unpaired) electrons. The lowest BCUT2D eigenvalue weighted by Gasteiger charge is -2.05. The zero-order valence-electron chi connectivity index (χ0n) is 14.8. The summed E-state index contributed by atoms with van der Waals surface area (Å²) < 4.78 is 10.2. The van der Waals surface area contributed by atoms with E-state index in [1.165, 1.54) is 12.3 Å². The summed E-state index contributed by atoms with van der Waals surface area (Å²) in [6.07, 6.45) is 16.2. The third kappa shape index (κ3) is 4.80. The van der Waals surface area contributed by atoms with E-state index in [9.17, 15) is 4.79 Å². The van der Waals surface area contributed by atoms with E-state index in [2.05, 4.69) is 38.2 Å². The Bertz CT molecular complexity index is 942. The van der Waals surface area contributed by atoms with Crippen LogP contribution in [-0.2, 0) is 0 Å². The molecule has 1 aromatic rings. The van der Waals surface area contributed by atoms with E-state index < -0.39 is 5.82 Å². The maximum Gasteiger partial charge on any atom is 0.519 e. The quantitative estimate of drug-likeness (QED) is 0.706. The fraction of sp³-hybridized carbons (Fsp3) is 0.0909. The molecule has 0 bridgehead atoms. The number of nitrogens with zero attached hydrogens (tertiary/aromatic N) is 1. The Morgan fingerprint density at radius 3 is 2.42 bits per heavy atom. The van der Waals surface area contributed by atoms with E-state index in [0.29, 0.717) is 11.3 Å². The molecule has 4 nitrogen and oxygen atoms in total. The monoisotopic (exact) mass is 347 g/mol. The van der Waals surface area contributed by atoms with Crippen LogP contribution in [0.1, 0.15) is 18.4 Å². The minimum Gasteiger partial charge on any atom is -0.391 e. The van der Waals surface area contributed by atoms with Crippen LogP contribution in [0.2, 0.25) is 0 Å². The Morgan fingerprint density at radius 2 is 1.77 bits per heavy atom. The van der Waals surface area contributed by atoms with Crippen molar-refractivity contribution in [2.24, 2.45) is 10.9 Å². The molecule has 132 valence electrons. The van der Waals surface area contributed by atoms with Gasteiger partial charge in [0, 0.05) is 11.8 Å². The van der Waals surface area contributed by atoms with Gasteiger partial charge in [0.25, 0.3) is 0 Å². The highest BCUT2D eigenvalue weighted by Crippen LogP contribution is 2.20. The van der Waals surface area contributed by atoms with Crippen molar-refractivity contribution in [2.45, 2.75) is 6.92 Å². The minimum absolute atomic E-state index is 0.182. The standard InChI is InChI=1S/C22H21NO3/c1-6-19-21(26-22(24)25-19)20(23-7-2)18-13-12-16(4)9-8-15(3)10-11-17(5)14-18/h6-15H,1-2,4-5H2,3H3/b9-8-,11-10-,13-12?,18-14?,23-20?. The van der Waals surface area contributed by atoms with Gasteiger partial charge in [-0.25, -0.2) is 4.79 Å². The van der Waals surface area contributed by atoms with Crippen LogP contribution in [-0.4, -0.2) is 5.71 Å². The number of rotatable bonds is 4. The normalized spacial score (nSPS) is 20.9. The van der Waals surface area contributed by atoms with Crippen LogP contribution in [0.4, 0.5) is 0 Å². The maximum atomic E-state index is 11.5. The highest BCUT2D eigenvalue weighted by molar-refractivity contribution is 6.14. The SMILES string of the molecule is C=CN=C(C1=CC(=C)/C=C\C(C)/C=C\C(=C)C=C1)c1oc(=O)oc1C=C. The van der Waals surface area contributed by atoms with Crippen LogP contribution in [0.3, 0.4) is 0 Å². The molecule has 0 N–H and O–H groups in total. The molecule has 0 aliphatic heterocycles. The third-order valence-electron chi connectivity index (χ3n) is 3.54. The fourth-order valence-corrected chi connectivity index (χ4v) is 2.26. The van der Waals surface area contributed by atoms with E-state index in [-0.39, 0.29) is 17.4 Å². The van der Waals surface area contributed by atoms with Crippen LogP contribution in [0.25, 0.3) is 6.08 Å². The molecule has 1 atom stereocenters. The summed E-state index contributed by atoms with van der Waals surface area (Å²) in [5, 5.41) is 0. The summed E-state index contributed by atoms with van der Waals surface area (Å²) in [7, 11) is 0. The van der Waals surface area contributed by atoms with Gasteiger partial charge in [-0.05, 0) is 29.2 Å². The van der Waals surface area contributed by atoms with Gasteiger partial charge >= 0.3 is 5.82 Å². The Morgan fingerprint density at radius 1 is 1.08 bits per heavy atom. The molecule has 1 unspecified atom stereocenters. The number of hydrogen-bond donors (Lipinski definition) is 0. The molecule has 2 rings (SSSR count). The van der Waals surface area contributed by atoms with Crippen molar-refractivity contribution in [1.29, 1.82) is 0 Å². The average Bonchev–Trinajstić information content (AvgIpc) is 2.98. The first-order chi connectivity index (χ1) is 12.4. The van der Waals surface area contributed by atoms with Gasteiger partial charge in [0.1, 0.15) is 5.71 Å². The maximum absolute atomic E-state index is 11.5. The smallest absolute Gasteiger partial charge is 0.391 e. The zero-order chi connectivity index (χ0) is 19.1. The van der Waals surface area contributed by atoms with E-state index >= 15 is 0 Å². The van der Waals surface area contributed by atoms with Crippen molar-refractivity contribution in [2.75, 3.05) is 0 Å². The van der Waals surface area contributed by atoms with E-state index in [0.717, 1.165) is 11.1 Å². The molecule has 1 aromatic heterocycles. The summed E-state index contributed by atoms with van der Waals surface area (Å²) in [5.74, 6) is -0.199. The molecule has 0 spiro atoms. The van der Waals surface area contributed by atoms with Crippen LogP contribution in [0.5, 0.6) is 0 Å². The Hall–Kier alpha value is -3.40. The number of allylic oxidation sites excluding steroid dienone is 10. The van der Waals surface area contributed by atoms with Crippen LogP contribution >= 0.6 is 0 Å². The molecule has 1 aliphatic rings. The Kier molecular flexibility index (Phi) is 6.28. The largest absolute Gasteiger partial charge is 0.519 e. The molecular formula is C22H21NO3. The van der Waals surface area contributed by atoms with Crippen molar-refractivity contribution >= 4 is 11.8 Å². The van der Waals surface area contributed by atoms with Crippen molar-refractivity contribution in [3.05, 3.63) is 114 Å². The van der Waals surface area contributed by atoms with Gasteiger partial charge in [-0.15, -0.1) is 0 Å². The Labute approximate surface area is 152 Å². The molecule has 1 heterocycles. The van der Waals surface area contributed by atoms with Gasteiger partial charge in [0.2, 0.25) is 5.76 Å². The highest BCUT2D eigenvalue weighted by Gasteiger charge is 2.19. The molecule has 4 heteroatoms. The van der Waals surface area contributed by atoms with E-state index in [1.807, 2.05) is 42.5 Å². The molecule has 26 heavy (non-hydrogen) atoms. The van der Waals surface area contributed by atoms with Gasteiger partial charge in [-0.3, -0.25) is 4.99 Å². The van der Waals surface area contributed by atoms with Crippen molar-refractivity contribution in [1.82, 2.24) is 0 Å². The second-order valence-electron chi connectivity index (χ2n) is 5.67. The van der Waals surface area contributed by atoms with E-state index in [1.54, 1.807) is 0 Å². The number of aliphatic imine (C=N–C) groups is 1. The zero-order valence-corrected chi connectivity index (χ0v) is 14.8.